The molecule has 0 heterocycles. The van der Waals surface area contributed by atoms with E-state index in [0.29, 0.717) is 26.1 Å². The van der Waals surface area contributed by atoms with Gasteiger partial charge in [0.15, 0.2) is 0 Å². The lowest BCUT2D eigenvalue weighted by Gasteiger charge is -2.29. The highest BCUT2D eigenvalue weighted by Gasteiger charge is 2.16. The standard InChI is InChI=1S/C34H54NO3/c1-4-5-6-7-8-9-10-11-12-16-23-32-24-17-18-25-33(32)37-28-20-29-38-34(36)26-19-27-35(2,3)30-31-21-14-13-15-22-31/h13-15,17-18,21-22,24-25H,4-12,16,19-20,23,26-30H2,1-3H3/q+1. The van der Waals surface area contributed by atoms with Crippen LogP contribution in [0.3, 0.4) is 0 Å². The van der Waals surface area contributed by atoms with Crippen molar-refractivity contribution in [2.75, 3.05) is 33.9 Å². The number of carbonyl (C=O) groups excluding carboxylic acids is 1. The summed E-state index contributed by atoms with van der Waals surface area (Å²) in [4.78, 5) is 12.2. The van der Waals surface area contributed by atoms with E-state index in [1.807, 2.05) is 12.1 Å². The maximum atomic E-state index is 12.2. The van der Waals surface area contributed by atoms with Crippen molar-refractivity contribution in [3.63, 3.8) is 0 Å². The van der Waals surface area contributed by atoms with Crippen molar-refractivity contribution in [3.05, 3.63) is 65.7 Å². The van der Waals surface area contributed by atoms with Crippen molar-refractivity contribution in [1.82, 2.24) is 0 Å². The second kappa shape index (κ2) is 19.7. The highest BCUT2D eigenvalue weighted by atomic mass is 16.5. The van der Waals surface area contributed by atoms with Gasteiger partial charge in [-0.15, -0.1) is 0 Å². The first kappa shape index (κ1) is 31.9. The number of unbranched alkanes of at least 4 members (excludes halogenated alkanes) is 9. The van der Waals surface area contributed by atoms with Gasteiger partial charge in [-0.3, -0.25) is 4.79 Å². The van der Waals surface area contributed by atoms with Crippen LogP contribution in [0.5, 0.6) is 5.75 Å². The summed E-state index contributed by atoms with van der Waals surface area (Å²) in [5.74, 6) is 0.874. The molecule has 0 bridgehead atoms. The van der Waals surface area contributed by atoms with Gasteiger partial charge in [0, 0.05) is 18.4 Å². The Labute approximate surface area is 233 Å². The van der Waals surface area contributed by atoms with Gasteiger partial charge in [-0.25, -0.2) is 0 Å². The number of aryl methyl sites for hydroxylation is 1. The molecule has 2 aromatic rings. The lowest BCUT2D eigenvalue weighted by atomic mass is 10.0. The maximum absolute atomic E-state index is 12.2. The summed E-state index contributed by atoms with van der Waals surface area (Å²) in [6.07, 6.45) is 16.6. The fourth-order valence-electron chi connectivity index (χ4n) is 4.96. The molecule has 0 aromatic heterocycles. The second-order valence-corrected chi connectivity index (χ2v) is 11.4. The highest BCUT2D eigenvalue weighted by Crippen LogP contribution is 2.21. The quantitative estimate of drug-likeness (QED) is 0.0879. The van der Waals surface area contributed by atoms with E-state index in [1.165, 1.54) is 75.3 Å². The molecule has 0 saturated heterocycles. The fourth-order valence-corrected chi connectivity index (χ4v) is 4.96. The summed E-state index contributed by atoms with van der Waals surface area (Å²) in [7, 11) is 4.42. The lowest BCUT2D eigenvalue weighted by molar-refractivity contribution is -0.903. The molecule has 0 unspecified atom stereocenters. The molecular formula is C34H54NO3+. The number of carbonyl (C=O) groups is 1. The molecule has 0 fully saturated rings. The van der Waals surface area contributed by atoms with Crippen LogP contribution in [0.4, 0.5) is 0 Å². The number of benzene rings is 2. The Kier molecular flexibility index (Phi) is 16.5. The van der Waals surface area contributed by atoms with Crippen LogP contribution >= 0.6 is 0 Å². The molecule has 4 heteroatoms. The third-order valence-corrected chi connectivity index (χ3v) is 7.18. The Hall–Kier alpha value is -2.33. The molecule has 38 heavy (non-hydrogen) atoms. The van der Waals surface area contributed by atoms with E-state index >= 15 is 0 Å². The number of quaternary nitrogens is 1. The third-order valence-electron chi connectivity index (χ3n) is 7.18. The van der Waals surface area contributed by atoms with Crippen molar-refractivity contribution in [2.45, 2.75) is 103 Å². The van der Waals surface area contributed by atoms with Crippen LogP contribution in [0.15, 0.2) is 54.6 Å². The molecule has 4 nitrogen and oxygen atoms in total. The molecule has 0 aliphatic carbocycles. The Balaban J connectivity index is 1.52. The van der Waals surface area contributed by atoms with Crippen LogP contribution in [0.25, 0.3) is 0 Å². The Morgan fingerprint density at radius 2 is 1.34 bits per heavy atom. The van der Waals surface area contributed by atoms with Gasteiger partial charge in [0.1, 0.15) is 12.3 Å². The van der Waals surface area contributed by atoms with Crippen LogP contribution in [0.1, 0.15) is 102 Å². The van der Waals surface area contributed by atoms with E-state index in [-0.39, 0.29) is 5.97 Å². The number of nitrogens with zero attached hydrogens (tertiary/aromatic N) is 1. The minimum Gasteiger partial charge on any atom is -0.493 e. The van der Waals surface area contributed by atoms with Crippen LogP contribution in [-0.4, -0.2) is 44.3 Å². The van der Waals surface area contributed by atoms with Gasteiger partial charge in [0.2, 0.25) is 0 Å². The molecule has 0 aliphatic rings. The zero-order valence-electron chi connectivity index (χ0n) is 24.6. The number of esters is 1. The lowest BCUT2D eigenvalue weighted by Crippen LogP contribution is -2.39. The molecule has 0 amide bonds. The highest BCUT2D eigenvalue weighted by molar-refractivity contribution is 5.69. The number of rotatable bonds is 22. The average molecular weight is 525 g/mol. The van der Waals surface area contributed by atoms with E-state index in [9.17, 15) is 4.79 Å². The van der Waals surface area contributed by atoms with E-state index in [4.69, 9.17) is 9.47 Å². The van der Waals surface area contributed by atoms with E-state index in [1.54, 1.807) is 0 Å². The first-order chi connectivity index (χ1) is 18.5. The fraction of sp³-hybridized carbons (Fsp3) is 0.618. The topological polar surface area (TPSA) is 35.5 Å². The number of hydrogen-bond donors (Lipinski definition) is 0. The Bertz CT molecular complexity index is 865. The molecule has 212 valence electrons. The van der Waals surface area contributed by atoms with Gasteiger partial charge in [-0.05, 0) is 24.5 Å². The predicted molar refractivity (Wildman–Crippen MR) is 159 cm³/mol. The van der Waals surface area contributed by atoms with Crippen LogP contribution in [0.2, 0.25) is 0 Å². The van der Waals surface area contributed by atoms with Crippen molar-refractivity contribution in [1.29, 1.82) is 0 Å². The molecule has 0 atom stereocenters. The summed E-state index contributed by atoms with van der Waals surface area (Å²) >= 11 is 0. The smallest absolute Gasteiger partial charge is 0.306 e. The summed E-state index contributed by atoms with van der Waals surface area (Å²) in [6.45, 7) is 5.18. The predicted octanol–water partition coefficient (Wildman–Crippen LogP) is 8.52. The maximum Gasteiger partial charge on any atom is 0.306 e. The number of hydrogen-bond acceptors (Lipinski definition) is 3. The number of para-hydroxylation sites is 1. The zero-order valence-corrected chi connectivity index (χ0v) is 24.6. The summed E-state index contributed by atoms with van der Waals surface area (Å²) in [6, 6.07) is 18.9. The van der Waals surface area contributed by atoms with Crippen molar-refractivity contribution >= 4 is 5.97 Å². The Morgan fingerprint density at radius 3 is 2.05 bits per heavy atom. The van der Waals surface area contributed by atoms with E-state index in [0.717, 1.165) is 36.2 Å². The minimum absolute atomic E-state index is 0.105. The van der Waals surface area contributed by atoms with Gasteiger partial charge in [0.25, 0.3) is 0 Å². The van der Waals surface area contributed by atoms with Gasteiger partial charge >= 0.3 is 5.97 Å². The molecule has 0 N–H and O–H groups in total. The Morgan fingerprint density at radius 1 is 0.711 bits per heavy atom. The minimum atomic E-state index is -0.105. The molecule has 2 aromatic carbocycles. The third kappa shape index (κ3) is 15.2. The summed E-state index contributed by atoms with van der Waals surface area (Å²) in [5.41, 5.74) is 2.62. The zero-order chi connectivity index (χ0) is 27.3. The van der Waals surface area contributed by atoms with Crippen molar-refractivity contribution in [2.24, 2.45) is 0 Å². The molecule has 0 spiro atoms. The summed E-state index contributed by atoms with van der Waals surface area (Å²) in [5, 5.41) is 0. The molecule has 0 saturated carbocycles. The van der Waals surface area contributed by atoms with Crippen LogP contribution < -0.4 is 4.74 Å². The second-order valence-electron chi connectivity index (χ2n) is 11.4. The summed E-state index contributed by atoms with van der Waals surface area (Å²) < 4.78 is 12.4. The van der Waals surface area contributed by atoms with E-state index in [2.05, 4.69) is 63.5 Å². The van der Waals surface area contributed by atoms with Crippen LogP contribution in [0, 0.1) is 0 Å². The van der Waals surface area contributed by atoms with Crippen LogP contribution in [-0.2, 0) is 22.5 Å². The average Bonchev–Trinajstić information content (AvgIpc) is 2.90. The van der Waals surface area contributed by atoms with Gasteiger partial charge < -0.3 is 14.0 Å². The van der Waals surface area contributed by atoms with Gasteiger partial charge in [-0.1, -0.05) is 113 Å². The molecule has 0 aliphatic heterocycles. The monoisotopic (exact) mass is 524 g/mol. The largest absolute Gasteiger partial charge is 0.493 e. The van der Waals surface area contributed by atoms with Gasteiger partial charge in [-0.2, -0.15) is 0 Å². The van der Waals surface area contributed by atoms with Crippen molar-refractivity contribution in [3.8, 4) is 5.75 Å². The van der Waals surface area contributed by atoms with E-state index < -0.39 is 0 Å². The molecule has 0 radical (unpaired) electrons. The first-order valence-electron chi connectivity index (χ1n) is 15.2. The first-order valence-corrected chi connectivity index (χ1v) is 15.2. The van der Waals surface area contributed by atoms with Crippen molar-refractivity contribution < 1.29 is 18.8 Å². The molecular weight excluding hydrogens is 470 g/mol. The number of ether oxygens (including phenoxy) is 2. The normalized spacial score (nSPS) is 11.4. The SMILES string of the molecule is CCCCCCCCCCCCc1ccccc1OCCCOC(=O)CCC[N+](C)(C)Cc1ccccc1. The molecule has 2 rings (SSSR count). The van der Waals surface area contributed by atoms with Gasteiger partial charge in [0.05, 0.1) is 40.3 Å².